The van der Waals surface area contributed by atoms with E-state index in [0.29, 0.717) is 13.0 Å². The number of ether oxygens (including phenoxy) is 2. The average Bonchev–Trinajstić information content (AvgIpc) is 2.72. The van der Waals surface area contributed by atoms with E-state index in [0.717, 1.165) is 31.3 Å². The van der Waals surface area contributed by atoms with E-state index in [1.54, 1.807) is 0 Å². The van der Waals surface area contributed by atoms with Crippen LogP contribution in [0.25, 0.3) is 0 Å². The maximum atomic E-state index is 13.8. The predicted molar refractivity (Wildman–Crippen MR) is 104 cm³/mol. The SMILES string of the molecule is COc1ccc(S(=O)(=O)NCCCN2CCO[C@@H](c3ccccc3)C2)cc1F. The third-order valence-corrected chi connectivity index (χ3v) is 6.16. The summed E-state index contributed by atoms with van der Waals surface area (Å²) in [6, 6.07) is 13.7. The number of nitrogens with zero attached hydrogens (tertiary/aromatic N) is 1. The van der Waals surface area contributed by atoms with Gasteiger partial charge in [-0.25, -0.2) is 17.5 Å². The van der Waals surface area contributed by atoms with Crippen LogP contribution in [-0.4, -0.2) is 53.2 Å². The van der Waals surface area contributed by atoms with Crippen LogP contribution in [-0.2, 0) is 14.8 Å². The summed E-state index contributed by atoms with van der Waals surface area (Å²) < 4.78 is 51.6. The Morgan fingerprint density at radius 1 is 1.25 bits per heavy atom. The number of benzene rings is 2. The van der Waals surface area contributed by atoms with Gasteiger partial charge in [0.15, 0.2) is 11.6 Å². The molecule has 2 aromatic rings. The maximum absolute atomic E-state index is 13.8. The second kappa shape index (κ2) is 9.47. The van der Waals surface area contributed by atoms with Crippen molar-refractivity contribution in [2.75, 3.05) is 39.9 Å². The highest BCUT2D eigenvalue weighted by Gasteiger charge is 2.22. The van der Waals surface area contributed by atoms with Gasteiger partial charge in [0.25, 0.3) is 0 Å². The lowest BCUT2D eigenvalue weighted by Crippen LogP contribution is -2.39. The summed E-state index contributed by atoms with van der Waals surface area (Å²) in [4.78, 5) is 2.16. The van der Waals surface area contributed by atoms with Crippen LogP contribution in [0, 0.1) is 5.82 Å². The van der Waals surface area contributed by atoms with E-state index in [1.165, 1.54) is 19.2 Å². The highest BCUT2D eigenvalue weighted by Crippen LogP contribution is 2.22. The normalized spacial score (nSPS) is 18.1. The van der Waals surface area contributed by atoms with Crippen molar-refractivity contribution in [2.24, 2.45) is 0 Å². The number of hydrogen-bond donors (Lipinski definition) is 1. The van der Waals surface area contributed by atoms with Crippen molar-refractivity contribution in [1.82, 2.24) is 9.62 Å². The topological polar surface area (TPSA) is 67.9 Å². The van der Waals surface area contributed by atoms with Crippen molar-refractivity contribution in [1.29, 1.82) is 0 Å². The van der Waals surface area contributed by atoms with Crippen molar-refractivity contribution in [3.8, 4) is 5.75 Å². The number of rotatable bonds is 8. The molecule has 0 saturated carbocycles. The summed E-state index contributed by atoms with van der Waals surface area (Å²) in [5.74, 6) is -0.690. The average molecular weight is 408 g/mol. The third-order valence-electron chi connectivity index (χ3n) is 4.70. The van der Waals surface area contributed by atoms with Crippen molar-refractivity contribution >= 4 is 10.0 Å². The first-order chi connectivity index (χ1) is 13.5. The molecule has 1 saturated heterocycles. The molecule has 28 heavy (non-hydrogen) atoms. The molecular formula is C20H25FN2O4S. The molecule has 2 aromatic carbocycles. The lowest BCUT2D eigenvalue weighted by atomic mass is 10.1. The Balaban J connectivity index is 1.48. The van der Waals surface area contributed by atoms with E-state index >= 15 is 0 Å². The molecule has 8 heteroatoms. The first-order valence-electron chi connectivity index (χ1n) is 9.22. The highest BCUT2D eigenvalue weighted by molar-refractivity contribution is 7.89. The molecule has 1 heterocycles. The Morgan fingerprint density at radius 3 is 2.75 bits per heavy atom. The molecule has 1 atom stereocenters. The molecule has 0 spiro atoms. The zero-order valence-electron chi connectivity index (χ0n) is 15.8. The van der Waals surface area contributed by atoms with Crippen molar-refractivity contribution < 1.29 is 22.3 Å². The maximum Gasteiger partial charge on any atom is 0.240 e. The Labute approximate surface area is 165 Å². The first kappa shape index (κ1) is 20.7. The van der Waals surface area contributed by atoms with Gasteiger partial charge in [0.05, 0.1) is 24.7 Å². The predicted octanol–water partition coefficient (Wildman–Crippen LogP) is 2.58. The highest BCUT2D eigenvalue weighted by atomic mass is 32.2. The zero-order valence-corrected chi connectivity index (χ0v) is 16.6. The minimum absolute atomic E-state index is 0.0132. The molecule has 152 valence electrons. The van der Waals surface area contributed by atoms with E-state index < -0.39 is 15.8 Å². The van der Waals surface area contributed by atoms with Gasteiger partial charge in [0.2, 0.25) is 10.0 Å². The Kier molecular flexibility index (Phi) is 7.01. The van der Waals surface area contributed by atoms with Crippen LogP contribution in [0.4, 0.5) is 4.39 Å². The van der Waals surface area contributed by atoms with Gasteiger partial charge in [0.1, 0.15) is 0 Å². The minimum atomic E-state index is -3.75. The van der Waals surface area contributed by atoms with Crippen LogP contribution in [0.2, 0.25) is 0 Å². The summed E-state index contributed by atoms with van der Waals surface area (Å²) in [6.45, 7) is 3.28. The molecule has 1 aliphatic rings. The second-order valence-corrected chi connectivity index (χ2v) is 8.39. The largest absolute Gasteiger partial charge is 0.494 e. The van der Waals surface area contributed by atoms with E-state index in [9.17, 15) is 12.8 Å². The number of sulfonamides is 1. The number of methoxy groups -OCH3 is 1. The van der Waals surface area contributed by atoms with Crippen LogP contribution in [0.1, 0.15) is 18.1 Å². The summed E-state index contributed by atoms with van der Waals surface area (Å²) in [7, 11) is -2.42. The van der Waals surface area contributed by atoms with Crippen molar-refractivity contribution in [2.45, 2.75) is 17.4 Å². The summed E-state index contributed by atoms with van der Waals surface area (Å²) >= 11 is 0. The molecule has 6 nitrogen and oxygen atoms in total. The molecule has 0 unspecified atom stereocenters. The second-order valence-electron chi connectivity index (χ2n) is 6.62. The van der Waals surface area contributed by atoms with Gasteiger partial charge < -0.3 is 9.47 Å². The summed E-state index contributed by atoms with van der Waals surface area (Å²) in [5, 5.41) is 0. The van der Waals surface area contributed by atoms with Gasteiger partial charge in [-0.05, 0) is 36.7 Å². The molecule has 1 fully saturated rings. The molecule has 0 bridgehead atoms. The van der Waals surface area contributed by atoms with E-state index in [1.807, 2.05) is 18.2 Å². The smallest absolute Gasteiger partial charge is 0.240 e. The van der Waals surface area contributed by atoms with Crippen LogP contribution in [0.3, 0.4) is 0 Å². The van der Waals surface area contributed by atoms with Gasteiger partial charge in [-0.15, -0.1) is 0 Å². The van der Waals surface area contributed by atoms with Gasteiger partial charge in [0, 0.05) is 19.6 Å². The minimum Gasteiger partial charge on any atom is -0.494 e. The van der Waals surface area contributed by atoms with Crippen molar-refractivity contribution in [3.63, 3.8) is 0 Å². The van der Waals surface area contributed by atoms with Crippen LogP contribution in [0.15, 0.2) is 53.4 Å². The molecule has 0 aliphatic carbocycles. The molecular weight excluding hydrogens is 383 g/mol. The van der Waals surface area contributed by atoms with Gasteiger partial charge in [-0.2, -0.15) is 0 Å². The van der Waals surface area contributed by atoms with E-state index in [4.69, 9.17) is 9.47 Å². The van der Waals surface area contributed by atoms with Crippen LogP contribution < -0.4 is 9.46 Å². The molecule has 1 aliphatic heterocycles. The van der Waals surface area contributed by atoms with E-state index in [2.05, 4.69) is 21.8 Å². The van der Waals surface area contributed by atoms with Crippen molar-refractivity contribution in [3.05, 3.63) is 59.9 Å². The fraction of sp³-hybridized carbons (Fsp3) is 0.400. The fourth-order valence-electron chi connectivity index (χ4n) is 3.18. The lowest BCUT2D eigenvalue weighted by Gasteiger charge is -2.33. The quantitative estimate of drug-likeness (QED) is 0.680. The Hall–Kier alpha value is -2.00. The van der Waals surface area contributed by atoms with Gasteiger partial charge >= 0.3 is 0 Å². The number of nitrogens with one attached hydrogen (secondary N) is 1. The molecule has 3 rings (SSSR count). The fourth-order valence-corrected chi connectivity index (χ4v) is 4.27. The van der Waals surface area contributed by atoms with Crippen LogP contribution in [0.5, 0.6) is 5.75 Å². The Bertz CT molecular complexity index is 877. The summed E-state index contributed by atoms with van der Waals surface area (Å²) in [5.41, 5.74) is 1.15. The molecule has 0 aromatic heterocycles. The zero-order chi connectivity index (χ0) is 20.0. The van der Waals surface area contributed by atoms with Gasteiger partial charge in [-0.3, -0.25) is 4.90 Å². The monoisotopic (exact) mass is 408 g/mol. The van der Waals surface area contributed by atoms with E-state index in [-0.39, 0.29) is 23.3 Å². The third kappa shape index (κ3) is 5.29. The van der Waals surface area contributed by atoms with Gasteiger partial charge in [-0.1, -0.05) is 30.3 Å². The number of hydrogen-bond acceptors (Lipinski definition) is 5. The molecule has 0 radical (unpaired) electrons. The molecule has 1 N–H and O–H groups in total. The number of halogens is 1. The first-order valence-corrected chi connectivity index (χ1v) is 10.7. The standard InChI is InChI=1S/C20H25FN2O4S/c1-26-19-9-8-17(14-18(19)21)28(24,25)22-10-5-11-23-12-13-27-20(15-23)16-6-3-2-4-7-16/h2-4,6-9,14,20,22H,5,10-13,15H2,1H3/t20-/m1/s1. The lowest BCUT2D eigenvalue weighted by molar-refractivity contribution is -0.0300. The molecule has 0 amide bonds. The Morgan fingerprint density at radius 2 is 2.04 bits per heavy atom. The van der Waals surface area contributed by atoms with Crippen LogP contribution >= 0.6 is 0 Å². The summed E-state index contributed by atoms with van der Waals surface area (Å²) in [6.07, 6.45) is 0.688. The number of morpholine rings is 1.